The molecule has 0 heterocycles. The quantitative estimate of drug-likeness (QED) is 0.528. The molecule has 0 rings (SSSR count). The van der Waals surface area contributed by atoms with Crippen LogP contribution in [-0.4, -0.2) is 34.5 Å². The molecule has 0 fully saturated rings. The first kappa shape index (κ1) is 17.4. The first-order valence-corrected chi connectivity index (χ1v) is 7.45. The minimum Gasteiger partial charge on any atom is -0.458 e. The molecule has 0 bridgehead atoms. The Morgan fingerprint density at radius 3 is 2.22 bits per heavy atom. The van der Waals surface area contributed by atoms with E-state index in [0.29, 0.717) is 27.0 Å². The maximum atomic E-state index is 11.7. The fourth-order valence-electron chi connectivity index (χ4n) is 1.69. The van der Waals surface area contributed by atoms with E-state index >= 15 is 0 Å². The van der Waals surface area contributed by atoms with Gasteiger partial charge in [-0.1, -0.05) is 0 Å². The van der Waals surface area contributed by atoms with Gasteiger partial charge in [-0.3, -0.25) is 9.46 Å². The lowest BCUT2D eigenvalue weighted by Gasteiger charge is -2.30. The summed E-state index contributed by atoms with van der Waals surface area (Å²) >= 11 is 0. The Labute approximate surface area is 113 Å². The van der Waals surface area contributed by atoms with Crippen LogP contribution < -0.4 is 0 Å². The summed E-state index contributed by atoms with van der Waals surface area (Å²) in [6.45, 7) is 12.0. The zero-order valence-corrected chi connectivity index (χ0v) is 13.3. The molecule has 0 spiro atoms. The van der Waals surface area contributed by atoms with Gasteiger partial charge >= 0.3 is 5.97 Å². The van der Waals surface area contributed by atoms with Crippen molar-refractivity contribution in [1.82, 2.24) is 4.67 Å². The Kier molecular flexibility index (Phi) is 7.43. The van der Waals surface area contributed by atoms with Crippen molar-refractivity contribution in [2.45, 2.75) is 65.6 Å². The van der Waals surface area contributed by atoms with Gasteiger partial charge in [-0.05, 0) is 50.3 Å². The van der Waals surface area contributed by atoms with Gasteiger partial charge in [-0.15, -0.1) is 0 Å². The molecule has 1 unspecified atom stereocenters. The summed E-state index contributed by atoms with van der Waals surface area (Å²) in [6.07, 6.45) is 0.616. The molecule has 0 saturated carbocycles. The van der Waals surface area contributed by atoms with Gasteiger partial charge in [0.25, 0.3) is 0 Å². The maximum Gasteiger partial charge on any atom is 0.311 e. The summed E-state index contributed by atoms with van der Waals surface area (Å²) in [5.41, 5.74) is -0.684. The SMILES string of the molecule is CC(C)N(PCC(=O)OC(C)(C)CC#N)C(C)C. The van der Waals surface area contributed by atoms with Gasteiger partial charge < -0.3 is 4.74 Å². The summed E-state index contributed by atoms with van der Waals surface area (Å²) in [4.78, 5) is 11.7. The van der Waals surface area contributed by atoms with E-state index in [0.717, 1.165) is 0 Å². The van der Waals surface area contributed by atoms with E-state index < -0.39 is 5.60 Å². The van der Waals surface area contributed by atoms with Gasteiger partial charge in [-0.2, -0.15) is 5.26 Å². The molecule has 18 heavy (non-hydrogen) atoms. The van der Waals surface area contributed by atoms with Crippen LogP contribution in [0.3, 0.4) is 0 Å². The van der Waals surface area contributed by atoms with Crippen LogP contribution in [0.4, 0.5) is 0 Å². The summed E-state index contributed by atoms with van der Waals surface area (Å²) in [5.74, 6) is -0.222. The van der Waals surface area contributed by atoms with Gasteiger partial charge in [0, 0.05) is 12.1 Å². The summed E-state index contributed by atoms with van der Waals surface area (Å²) in [7, 11) is 0.428. The van der Waals surface area contributed by atoms with Gasteiger partial charge in [0.05, 0.1) is 18.7 Å². The van der Waals surface area contributed by atoms with E-state index in [9.17, 15) is 4.79 Å². The second-order valence-electron chi connectivity index (χ2n) is 5.50. The van der Waals surface area contributed by atoms with Gasteiger partial charge in [0.1, 0.15) is 5.60 Å². The van der Waals surface area contributed by atoms with Crippen molar-refractivity contribution >= 4 is 14.7 Å². The van der Waals surface area contributed by atoms with E-state index in [1.165, 1.54) is 0 Å². The Bertz CT molecular complexity index is 301. The Balaban J connectivity index is 4.22. The zero-order valence-electron chi connectivity index (χ0n) is 12.3. The van der Waals surface area contributed by atoms with E-state index in [2.05, 4.69) is 32.4 Å². The highest BCUT2D eigenvalue weighted by Gasteiger charge is 2.23. The predicted molar refractivity (Wildman–Crippen MR) is 75.7 cm³/mol. The minimum absolute atomic E-state index is 0.222. The molecule has 0 aromatic heterocycles. The molecule has 0 aromatic carbocycles. The molecule has 0 amide bonds. The average molecular weight is 272 g/mol. The lowest BCUT2D eigenvalue weighted by atomic mass is 10.1. The van der Waals surface area contributed by atoms with Crippen LogP contribution in [0, 0.1) is 11.3 Å². The summed E-state index contributed by atoms with van der Waals surface area (Å²) in [5, 5.41) is 8.63. The number of carbonyl (C=O) groups is 1. The topological polar surface area (TPSA) is 53.3 Å². The van der Waals surface area contributed by atoms with Crippen molar-refractivity contribution < 1.29 is 9.53 Å². The number of esters is 1. The highest BCUT2D eigenvalue weighted by atomic mass is 31.1. The number of nitrogens with zero attached hydrogens (tertiary/aromatic N) is 2. The van der Waals surface area contributed by atoms with Gasteiger partial charge in [-0.25, -0.2) is 0 Å². The monoisotopic (exact) mass is 272 g/mol. The molecule has 0 aliphatic carbocycles. The third-order valence-corrected chi connectivity index (χ3v) is 4.26. The normalized spacial score (nSPS) is 12.7. The number of carbonyl (C=O) groups excluding carboxylic acids is 1. The van der Waals surface area contributed by atoms with Crippen LogP contribution >= 0.6 is 8.73 Å². The number of rotatable bonds is 7. The van der Waals surface area contributed by atoms with Crippen molar-refractivity contribution in [3.63, 3.8) is 0 Å². The molecule has 0 saturated heterocycles. The molecular weight excluding hydrogens is 247 g/mol. The smallest absolute Gasteiger partial charge is 0.311 e. The molecular formula is C13H25N2O2P. The highest BCUT2D eigenvalue weighted by molar-refractivity contribution is 7.36. The van der Waals surface area contributed by atoms with E-state index in [-0.39, 0.29) is 12.4 Å². The molecule has 5 heteroatoms. The average Bonchev–Trinajstić information content (AvgIpc) is 2.14. The van der Waals surface area contributed by atoms with Crippen molar-refractivity contribution in [1.29, 1.82) is 5.26 Å². The van der Waals surface area contributed by atoms with Crippen LogP contribution in [0.25, 0.3) is 0 Å². The fourth-order valence-corrected chi connectivity index (χ4v) is 2.80. The number of nitriles is 1. The standard InChI is InChI=1S/C13H25N2O2P/c1-10(2)15(11(3)4)18-9-12(16)17-13(5,6)7-8-14/h10-11,18H,7,9H2,1-6H3. The molecule has 104 valence electrons. The van der Waals surface area contributed by atoms with Gasteiger partial charge in [0.2, 0.25) is 0 Å². The van der Waals surface area contributed by atoms with E-state index in [4.69, 9.17) is 10.00 Å². The molecule has 0 radical (unpaired) electrons. The summed E-state index contributed by atoms with van der Waals surface area (Å²) in [6, 6.07) is 2.87. The first-order chi connectivity index (χ1) is 8.19. The first-order valence-electron chi connectivity index (χ1n) is 6.30. The predicted octanol–water partition coefficient (Wildman–Crippen LogP) is 2.93. The number of ether oxygens (including phenoxy) is 1. The second kappa shape index (κ2) is 7.71. The van der Waals surface area contributed by atoms with Crippen molar-refractivity contribution in [3.8, 4) is 6.07 Å². The lowest BCUT2D eigenvalue weighted by Crippen LogP contribution is -2.32. The maximum absolute atomic E-state index is 11.7. The number of hydrogen-bond acceptors (Lipinski definition) is 4. The molecule has 0 aliphatic rings. The summed E-state index contributed by atoms with van der Waals surface area (Å²) < 4.78 is 7.58. The lowest BCUT2D eigenvalue weighted by molar-refractivity contribution is -0.152. The van der Waals surface area contributed by atoms with Crippen LogP contribution in [0.5, 0.6) is 0 Å². The van der Waals surface area contributed by atoms with Crippen LogP contribution in [0.2, 0.25) is 0 Å². The fraction of sp³-hybridized carbons (Fsp3) is 0.846. The van der Waals surface area contributed by atoms with Crippen LogP contribution in [0.1, 0.15) is 48.0 Å². The molecule has 1 atom stereocenters. The number of hydrogen-bond donors (Lipinski definition) is 0. The third kappa shape index (κ3) is 6.93. The molecule has 0 N–H and O–H groups in total. The van der Waals surface area contributed by atoms with E-state index in [1.54, 1.807) is 13.8 Å². The van der Waals surface area contributed by atoms with Crippen molar-refractivity contribution in [2.75, 3.05) is 6.16 Å². The van der Waals surface area contributed by atoms with E-state index in [1.807, 2.05) is 6.07 Å². The Hall–Kier alpha value is -0.650. The van der Waals surface area contributed by atoms with Crippen LogP contribution in [0.15, 0.2) is 0 Å². The third-order valence-electron chi connectivity index (χ3n) is 2.41. The van der Waals surface area contributed by atoms with Crippen molar-refractivity contribution in [3.05, 3.63) is 0 Å². The van der Waals surface area contributed by atoms with Crippen LogP contribution in [-0.2, 0) is 9.53 Å². The van der Waals surface area contributed by atoms with Gasteiger partial charge in [0.15, 0.2) is 0 Å². The Morgan fingerprint density at radius 1 is 1.33 bits per heavy atom. The minimum atomic E-state index is -0.684. The molecule has 4 nitrogen and oxygen atoms in total. The molecule has 0 aliphatic heterocycles. The molecule has 0 aromatic rings. The zero-order chi connectivity index (χ0) is 14.3. The largest absolute Gasteiger partial charge is 0.458 e. The Morgan fingerprint density at radius 2 is 1.83 bits per heavy atom. The second-order valence-corrected chi connectivity index (χ2v) is 6.68. The van der Waals surface area contributed by atoms with Crippen molar-refractivity contribution in [2.24, 2.45) is 0 Å². The highest BCUT2D eigenvalue weighted by Crippen LogP contribution is 2.25.